The maximum absolute atomic E-state index is 5.45. The Morgan fingerprint density at radius 1 is 1.24 bits per heavy atom. The fraction of sp³-hybridized carbons (Fsp3) is 0.467. The molecule has 1 unspecified atom stereocenters. The smallest absolute Gasteiger partial charge is 0.257 e. The standard InChI is InChI=1S/C15H20N4O.ClH/c1-10-6-11(2)8-12(7-10)15-17-14(18-20-15)13-9-16-4-5-19(13)3;/h6-8,13,16H,4-5,9H2,1-3H3;1H. The van der Waals surface area contributed by atoms with E-state index in [0.717, 1.165) is 31.0 Å². The third-order valence-corrected chi connectivity index (χ3v) is 3.72. The molecule has 114 valence electrons. The number of hydrogen-bond acceptors (Lipinski definition) is 5. The summed E-state index contributed by atoms with van der Waals surface area (Å²) in [5, 5.41) is 7.53. The average Bonchev–Trinajstić information content (AvgIpc) is 2.87. The van der Waals surface area contributed by atoms with Crippen molar-refractivity contribution in [2.24, 2.45) is 0 Å². The van der Waals surface area contributed by atoms with Crippen LogP contribution in [0.1, 0.15) is 23.0 Å². The molecule has 2 heterocycles. The summed E-state index contributed by atoms with van der Waals surface area (Å²) in [4.78, 5) is 6.83. The van der Waals surface area contributed by atoms with Crippen LogP contribution in [-0.4, -0.2) is 41.7 Å². The van der Waals surface area contributed by atoms with Gasteiger partial charge in [-0.15, -0.1) is 12.4 Å². The predicted octanol–water partition coefficient (Wildman–Crippen LogP) is 2.35. The van der Waals surface area contributed by atoms with E-state index in [1.165, 1.54) is 11.1 Å². The second-order valence-electron chi connectivity index (χ2n) is 5.53. The zero-order chi connectivity index (χ0) is 14.1. The van der Waals surface area contributed by atoms with E-state index in [2.05, 4.69) is 59.5 Å². The van der Waals surface area contributed by atoms with Gasteiger partial charge in [0.25, 0.3) is 5.89 Å². The molecule has 1 aromatic heterocycles. The van der Waals surface area contributed by atoms with Crippen LogP contribution in [0.15, 0.2) is 22.7 Å². The van der Waals surface area contributed by atoms with Crippen molar-refractivity contribution >= 4 is 12.4 Å². The molecule has 6 heteroatoms. The molecule has 1 fully saturated rings. The molecule has 0 aliphatic carbocycles. The first-order valence-corrected chi connectivity index (χ1v) is 6.97. The number of nitrogens with zero attached hydrogens (tertiary/aromatic N) is 3. The van der Waals surface area contributed by atoms with Crippen LogP contribution in [0.2, 0.25) is 0 Å². The minimum Gasteiger partial charge on any atom is -0.334 e. The molecule has 5 nitrogen and oxygen atoms in total. The number of piperazine rings is 1. The first-order chi connectivity index (χ1) is 9.63. The number of rotatable bonds is 2. The molecular formula is C15H21ClN4O. The van der Waals surface area contributed by atoms with Gasteiger partial charge in [-0.25, -0.2) is 0 Å². The first kappa shape index (κ1) is 15.9. The Bertz CT molecular complexity index is 593. The summed E-state index contributed by atoms with van der Waals surface area (Å²) in [6.45, 7) is 7.02. The highest BCUT2D eigenvalue weighted by Crippen LogP contribution is 2.24. The van der Waals surface area contributed by atoms with Gasteiger partial charge >= 0.3 is 0 Å². The Labute approximate surface area is 131 Å². The largest absolute Gasteiger partial charge is 0.334 e. The van der Waals surface area contributed by atoms with Crippen LogP contribution in [0.5, 0.6) is 0 Å². The van der Waals surface area contributed by atoms with Crippen LogP contribution in [0.3, 0.4) is 0 Å². The van der Waals surface area contributed by atoms with Crippen LogP contribution in [0, 0.1) is 13.8 Å². The molecule has 21 heavy (non-hydrogen) atoms. The number of nitrogens with one attached hydrogen (secondary N) is 1. The van der Waals surface area contributed by atoms with Crippen molar-refractivity contribution in [3.05, 3.63) is 35.2 Å². The topological polar surface area (TPSA) is 54.2 Å². The Morgan fingerprint density at radius 2 is 1.95 bits per heavy atom. The Morgan fingerprint density at radius 3 is 2.62 bits per heavy atom. The monoisotopic (exact) mass is 308 g/mol. The molecule has 0 radical (unpaired) electrons. The molecule has 0 saturated carbocycles. The highest BCUT2D eigenvalue weighted by Gasteiger charge is 2.25. The second-order valence-corrected chi connectivity index (χ2v) is 5.53. The van der Waals surface area contributed by atoms with E-state index >= 15 is 0 Å². The molecule has 1 N–H and O–H groups in total. The zero-order valence-corrected chi connectivity index (χ0v) is 13.4. The summed E-state index contributed by atoms with van der Waals surface area (Å²) in [5.41, 5.74) is 3.40. The van der Waals surface area contributed by atoms with E-state index in [1.807, 2.05) is 0 Å². The predicted molar refractivity (Wildman–Crippen MR) is 84.7 cm³/mol. The first-order valence-electron chi connectivity index (χ1n) is 6.97. The van der Waals surface area contributed by atoms with Gasteiger partial charge in [-0.1, -0.05) is 22.3 Å². The van der Waals surface area contributed by atoms with Gasteiger partial charge in [0.05, 0.1) is 6.04 Å². The van der Waals surface area contributed by atoms with Crippen molar-refractivity contribution in [2.75, 3.05) is 26.7 Å². The Balaban J connectivity index is 0.00000161. The lowest BCUT2D eigenvalue weighted by molar-refractivity contribution is 0.190. The number of benzene rings is 1. The minimum atomic E-state index is 0. The number of likely N-dealkylation sites (N-methyl/N-ethyl adjacent to an activating group) is 1. The van der Waals surface area contributed by atoms with Crippen molar-refractivity contribution in [1.82, 2.24) is 20.4 Å². The highest BCUT2D eigenvalue weighted by molar-refractivity contribution is 5.85. The molecule has 0 bridgehead atoms. The van der Waals surface area contributed by atoms with Crippen molar-refractivity contribution < 1.29 is 4.52 Å². The van der Waals surface area contributed by atoms with E-state index in [9.17, 15) is 0 Å². The van der Waals surface area contributed by atoms with Gasteiger partial charge in [-0.05, 0) is 33.0 Å². The van der Waals surface area contributed by atoms with Gasteiger partial charge in [0.2, 0.25) is 0 Å². The quantitative estimate of drug-likeness (QED) is 0.923. The summed E-state index contributed by atoms with van der Waals surface area (Å²) in [5.74, 6) is 1.36. The van der Waals surface area contributed by atoms with Crippen LogP contribution in [-0.2, 0) is 0 Å². The van der Waals surface area contributed by atoms with Crippen LogP contribution in [0.25, 0.3) is 11.5 Å². The van der Waals surface area contributed by atoms with Crippen LogP contribution < -0.4 is 5.32 Å². The number of halogens is 1. The number of aryl methyl sites for hydroxylation is 2. The summed E-state index contributed by atoms with van der Waals surface area (Å²) in [6, 6.07) is 6.48. The van der Waals surface area contributed by atoms with E-state index in [-0.39, 0.29) is 18.4 Å². The number of aromatic nitrogens is 2. The molecule has 1 aliphatic rings. The molecule has 0 amide bonds. The molecule has 3 rings (SSSR count). The van der Waals surface area contributed by atoms with Crippen molar-refractivity contribution in [3.63, 3.8) is 0 Å². The van der Waals surface area contributed by atoms with Crippen LogP contribution in [0.4, 0.5) is 0 Å². The van der Waals surface area contributed by atoms with Gasteiger partial charge in [0, 0.05) is 25.2 Å². The van der Waals surface area contributed by atoms with Crippen molar-refractivity contribution in [3.8, 4) is 11.5 Å². The lowest BCUT2D eigenvalue weighted by Crippen LogP contribution is -2.44. The molecule has 1 aromatic carbocycles. The Hall–Kier alpha value is -1.43. The van der Waals surface area contributed by atoms with Gasteiger partial charge in [0.15, 0.2) is 5.82 Å². The van der Waals surface area contributed by atoms with Crippen LogP contribution >= 0.6 is 12.4 Å². The third-order valence-electron chi connectivity index (χ3n) is 3.72. The van der Waals surface area contributed by atoms with Crippen molar-refractivity contribution in [2.45, 2.75) is 19.9 Å². The average molecular weight is 309 g/mol. The summed E-state index contributed by atoms with van der Waals surface area (Å²) in [6.07, 6.45) is 0. The lowest BCUT2D eigenvalue weighted by atomic mass is 10.1. The summed E-state index contributed by atoms with van der Waals surface area (Å²) >= 11 is 0. The van der Waals surface area contributed by atoms with E-state index in [4.69, 9.17) is 4.52 Å². The summed E-state index contributed by atoms with van der Waals surface area (Å²) in [7, 11) is 2.10. The summed E-state index contributed by atoms with van der Waals surface area (Å²) < 4.78 is 5.45. The Kier molecular flexibility index (Phi) is 4.98. The molecule has 1 atom stereocenters. The van der Waals surface area contributed by atoms with E-state index < -0.39 is 0 Å². The molecular weight excluding hydrogens is 288 g/mol. The van der Waals surface area contributed by atoms with Gasteiger partial charge in [-0.2, -0.15) is 4.98 Å². The second kappa shape index (κ2) is 6.56. The molecule has 1 saturated heterocycles. The van der Waals surface area contributed by atoms with Gasteiger partial charge in [0.1, 0.15) is 0 Å². The highest BCUT2D eigenvalue weighted by atomic mass is 35.5. The molecule has 2 aromatic rings. The lowest BCUT2D eigenvalue weighted by Gasteiger charge is -2.30. The van der Waals surface area contributed by atoms with E-state index in [1.54, 1.807) is 0 Å². The number of hydrogen-bond donors (Lipinski definition) is 1. The maximum Gasteiger partial charge on any atom is 0.257 e. The van der Waals surface area contributed by atoms with E-state index in [0.29, 0.717) is 5.89 Å². The fourth-order valence-corrected chi connectivity index (χ4v) is 2.68. The van der Waals surface area contributed by atoms with Gasteiger partial charge < -0.3 is 9.84 Å². The SMILES string of the molecule is Cc1cc(C)cc(-c2nc(C3CNCCN3C)no2)c1.Cl. The zero-order valence-electron chi connectivity index (χ0n) is 12.6. The van der Waals surface area contributed by atoms with Gasteiger partial charge in [-0.3, -0.25) is 4.90 Å². The third kappa shape index (κ3) is 3.43. The molecule has 0 spiro atoms. The maximum atomic E-state index is 5.45. The minimum absolute atomic E-state index is 0. The van der Waals surface area contributed by atoms with Crippen molar-refractivity contribution in [1.29, 1.82) is 0 Å². The molecule has 1 aliphatic heterocycles. The fourth-order valence-electron chi connectivity index (χ4n) is 2.68. The normalized spacial score (nSPS) is 19.3.